The molecule has 0 spiro atoms. The van der Waals surface area contributed by atoms with Gasteiger partial charge in [0.1, 0.15) is 23.2 Å². The Bertz CT molecular complexity index is 1680. The molecule has 32 heavy (non-hydrogen) atoms. The Morgan fingerprint density at radius 1 is 1.12 bits per heavy atom. The lowest BCUT2D eigenvalue weighted by atomic mass is 10.0. The van der Waals surface area contributed by atoms with Gasteiger partial charge in [-0.2, -0.15) is 9.50 Å². The van der Waals surface area contributed by atoms with Gasteiger partial charge in [-0.05, 0) is 37.6 Å². The third-order valence-electron chi connectivity index (χ3n) is 6.42. The lowest BCUT2D eigenvalue weighted by molar-refractivity contribution is -0.461. The van der Waals surface area contributed by atoms with Crippen molar-refractivity contribution in [2.45, 2.75) is 20.3 Å². The Labute approximate surface area is 183 Å². The standard InChI is InChI=1S/C25H21N5O2/c1-14-11-17-21(19(31)12-16-7-5-4-6-8-16)24(26)29-22-15(2)20(32-3)10-9-18(22)30-25(23(17)29)28(14)13-27-30/h4-11,13,26H,12H2,1-3H3/p+1. The van der Waals surface area contributed by atoms with Crippen molar-refractivity contribution >= 4 is 39.2 Å². The van der Waals surface area contributed by atoms with Crippen molar-refractivity contribution in [3.63, 3.8) is 0 Å². The molecule has 7 nitrogen and oxygen atoms in total. The summed E-state index contributed by atoms with van der Waals surface area (Å²) in [6.07, 6.45) is 2.09. The van der Waals surface area contributed by atoms with E-state index >= 15 is 0 Å². The Morgan fingerprint density at radius 2 is 1.91 bits per heavy atom. The fraction of sp³-hybridized carbons (Fsp3) is 0.160. The van der Waals surface area contributed by atoms with Gasteiger partial charge >= 0.3 is 0 Å². The molecule has 158 valence electrons. The minimum absolute atomic E-state index is 0.00346. The SMILES string of the molecule is COc1ccc2c(c1C)[n+]1c(N)c(C(=O)Cc3ccccc3)c3cc(C)n4cnn2c4c31. The minimum Gasteiger partial charge on any atom is -0.496 e. The Balaban J connectivity index is 1.78. The van der Waals surface area contributed by atoms with Crippen LogP contribution in [-0.2, 0) is 6.42 Å². The number of aromatic nitrogens is 4. The number of pyridine rings is 1. The van der Waals surface area contributed by atoms with Gasteiger partial charge in [-0.1, -0.05) is 30.3 Å². The van der Waals surface area contributed by atoms with Crippen molar-refractivity contribution in [2.75, 3.05) is 12.8 Å². The largest absolute Gasteiger partial charge is 0.496 e. The summed E-state index contributed by atoms with van der Waals surface area (Å²) in [7, 11) is 1.65. The smallest absolute Gasteiger partial charge is 0.290 e. The van der Waals surface area contributed by atoms with Gasteiger partial charge in [0.2, 0.25) is 0 Å². The van der Waals surface area contributed by atoms with E-state index in [1.807, 2.05) is 75.7 Å². The molecule has 4 heterocycles. The van der Waals surface area contributed by atoms with Crippen LogP contribution in [0.25, 0.3) is 27.6 Å². The zero-order chi connectivity index (χ0) is 22.1. The summed E-state index contributed by atoms with van der Waals surface area (Å²) in [6.45, 7) is 4.01. The first-order chi connectivity index (χ1) is 15.5. The second-order valence-electron chi connectivity index (χ2n) is 8.23. The van der Waals surface area contributed by atoms with Crippen molar-refractivity contribution in [3.8, 4) is 5.75 Å². The predicted molar refractivity (Wildman–Crippen MR) is 123 cm³/mol. The Hall–Kier alpha value is -4.13. The quantitative estimate of drug-likeness (QED) is 0.267. The van der Waals surface area contributed by atoms with Crippen LogP contribution in [0.4, 0.5) is 5.82 Å². The van der Waals surface area contributed by atoms with Crippen molar-refractivity contribution in [3.05, 3.63) is 77.2 Å². The lowest BCUT2D eigenvalue weighted by Crippen LogP contribution is -2.28. The van der Waals surface area contributed by atoms with Crippen LogP contribution in [0.5, 0.6) is 5.75 Å². The zero-order valence-electron chi connectivity index (χ0n) is 18.1. The lowest BCUT2D eigenvalue weighted by Gasteiger charge is -2.10. The molecule has 0 radical (unpaired) electrons. The summed E-state index contributed by atoms with van der Waals surface area (Å²) in [5.41, 5.74) is 13.7. The molecule has 0 saturated heterocycles. The average Bonchev–Trinajstić information content (AvgIpc) is 3.35. The van der Waals surface area contributed by atoms with Gasteiger partial charge in [-0.15, -0.1) is 0 Å². The number of hydrogen-bond acceptors (Lipinski definition) is 4. The predicted octanol–water partition coefficient (Wildman–Crippen LogP) is 3.55. The van der Waals surface area contributed by atoms with Crippen molar-refractivity contribution in [1.29, 1.82) is 0 Å². The van der Waals surface area contributed by atoms with Gasteiger partial charge in [-0.25, -0.2) is 4.52 Å². The van der Waals surface area contributed by atoms with Crippen LogP contribution in [0.2, 0.25) is 0 Å². The van der Waals surface area contributed by atoms with Crippen LogP contribution < -0.4 is 14.9 Å². The van der Waals surface area contributed by atoms with Crippen LogP contribution in [0.15, 0.2) is 54.9 Å². The number of anilines is 1. The molecule has 0 saturated carbocycles. The highest BCUT2D eigenvalue weighted by Crippen LogP contribution is 2.34. The highest BCUT2D eigenvalue weighted by molar-refractivity contribution is 6.14. The van der Waals surface area contributed by atoms with Crippen molar-refractivity contribution in [1.82, 2.24) is 14.0 Å². The number of hydrogen-bond donors (Lipinski definition) is 1. The molecular weight excluding hydrogens is 402 g/mol. The molecule has 0 fully saturated rings. The summed E-state index contributed by atoms with van der Waals surface area (Å²) >= 11 is 0. The summed E-state index contributed by atoms with van der Waals surface area (Å²) in [5, 5.41) is 5.50. The highest BCUT2D eigenvalue weighted by atomic mass is 16.5. The number of fused-ring (bicyclic) bond motifs is 3. The number of Topliss-reactive ketones (excluding diaryl/α,β-unsaturated/α-hetero) is 1. The van der Waals surface area contributed by atoms with Gasteiger partial charge in [0.05, 0.1) is 7.11 Å². The summed E-state index contributed by atoms with van der Waals surface area (Å²) in [5.74, 6) is 1.20. The molecule has 6 rings (SSSR count). The third kappa shape index (κ3) is 2.27. The monoisotopic (exact) mass is 424 g/mol. The molecule has 0 aliphatic rings. The van der Waals surface area contributed by atoms with Crippen LogP contribution >= 0.6 is 0 Å². The number of nitrogens with two attached hydrogens (primary N) is 1. The molecule has 2 aromatic carbocycles. The first kappa shape index (κ1) is 18.6. The summed E-state index contributed by atoms with van der Waals surface area (Å²) in [6, 6.07) is 15.7. The molecule has 0 bridgehead atoms. The van der Waals surface area contributed by atoms with E-state index < -0.39 is 0 Å². The molecule has 0 aliphatic carbocycles. The van der Waals surface area contributed by atoms with E-state index in [1.54, 1.807) is 13.4 Å². The Morgan fingerprint density at radius 3 is 2.66 bits per heavy atom. The van der Waals surface area contributed by atoms with E-state index in [2.05, 4.69) is 5.10 Å². The second-order valence-corrected chi connectivity index (χ2v) is 8.23. The maximum atomic E-state index is 13.6. The first-order valence-electron chi connectivity index (χ1n) is 10.5. The van der Waals surface area contributed by atoms with E-state index in [-0.39, 0.29) is 12.2 Å². The number of nitrogen functional groups attached to an aromatic ring is 1. The number of rotatable bonds is 4. The van der Waals surface area contributed by atoms with Gasteiger partial charge in [-0.3, -0.25) is 14.9 Å². The number of aryl methyl sites for hydroxylation is 2. The van der Waals surface area contributed by atoms with Gasteiger partial charge in [0.25, 0.3) is 5.82 Å². The number of carbonyl (C=O) groups is 1. The molecule has 0 unspecified atom stereocenters. The maximum Gasteiger partial charge on any atom is 0.290 e. The summed E-state index contributed by atoms with van der Waals surface area (Å²) < 4.78 is 11.5. The fourth-order valence-corrected chi connectivity index (χ4v) is 4.95. The number of benzene rings is 2. The number of methoxy groups -OCH3 is 1. The van der Waals surface area contributed by atoms with Gasteiger partial charge in [0.15, 0.2) is 22.5 Å². The number of carbonyl (C=O) groups excluding carboxylic acids is 1. The molecule has 0 aliphatic heterocycles. The number of ether oxygens (including phenoxy) is 1. The zero-order valence-corrected chi connectivity index (χ0v) is 18.1. The van der Waals surface area contributed by atoms with E-state index in [9.17, 15) is 4.79 Å². The number of nitrogens with zero attached hydrogens (tertiary/aromatic N) is 4. The number of ketones is 1. The first-order valence-corrected chi connectivity index (χ1v) is 10.5. The van der Waals surface area contributed by atoms with Crippen molar-refractivity contribution in [2.24, 2.45) is 0 Å². The molecular formula is C25H22N5O2+. The molecule has 6 aromatic rings. The van der Waals surface area contributed by atoms with Gasteiger partial charge < -0.3 is 4.74 Å². The third-order valence-corrected chi connectivity index (χ3v) is 6.42. The van der Waals surface area contributed by atoms with Crippen LogP contribution in [0, 0.1) is 13.8 Å². The normalized spacial score (nSPS) is 12.0. The van der Waals surface area contributed by atoms with Crippen molar-refractivity contribution < 1.29 is 13.9 Å². The van der Waals surface area contributed by atoms with Crippen LogP contribution in [-0.4, -0.2) is 26.9 Å². The van der Waals surface area contributed by atoms with Crippen LogP contribution in [0.3, 0.4) is 0 Å². The van der Waals surface area contributed by atoms with E-state index in [4.69, 9.17) is 10.5 Å². The van der Waals surface area contributed by atoms with E-state index in [0.29, 0.717) is 11.4 Å². The molecule has 4 aromatic heterocycles. The molecule has 0 amide bonds. The average molecular weight is 424 g/mol. The molecule has 7 heteroatoms. The second kappa shape index (κ2) is 6.43. The van der Waals surface area contributed by atoms with E-state index in [0.717, 1.165) is 50.2 Å². The molecule has 2 N–H and O–H groups in total. The van der Waals surface area contributed by atoms with Crippen LogP contribution in [0.1, 0.15) is 27.2 Å². The minimum atomic E-state index is -0.00346. The highest BCUT2D eigenvalue weighted by Gasteiger charge is 2.32. The topological polar surface area (TPSA) is 78.1 Å². The fourth-order valence-electron chi connectivity index (χ4n) is 4.95. The Kier molecular flexibility index (Phi) is 3.74. The summed E-state index contributed by atoms with van der Waals surface area (Å²) in [4.78, 5) is 13.6. The van der Waals surface area contributed by atoms with Gasteiger partial charge in [0, 0.05) is 23.1 Å². The maximum absolute atomic E-state index is 13.6. The molecule has 0 atom stereocenters. The van der Waals surface area contributed by atoms with E-state index in [1.165, 1.54) is 0 Å².